The molecule has 9 rings (SSSR count). The molecule has 0 bridgehead atoms. The van der Waals surface area contributed by atoms with Crippen LogP contribution in [0.2, 0.25) is 0 Å². The highest BCUT2D eigenvalue weighted by molar-refractivity contribution is 6.20. The lowest BCUT2D eigenvalue weighted by Crippen LogP contribution is -1.97. The summed E-state index contributed by atoms with van der Waals surface area (Å²) in [6.45, 7) is 0. The first-order valence-corrected chi connectivity index (χ1v) is 15.8. The number of rotatable bonds is 5. The van der Waals surface area contributed by atoms with Gasteiger partial charge in [0.1, 0.15) is 11.2 Å². The second-order valence-electron chi connectivity index (χ2n) is 11.8. The second kappa shape index (κ2) is 11.2. The van der Waals surface area contributed by atoms with E-state index in [0.29, 0.717) is 5.82 Å². The van der Waals surface area contributed by atoms with Gasteiger partial charge in [-0.2, -0.15) is 0 Å². The van der Waals surface area contributed by atoms with Crippen molar-refractivity contribution < 1.29 is 4.42 Å². The quantitative estimate of drug-likeness (QED) is 0.197. The van der Waals surface area contributed by atoms with Gasteiger partial charge < -0.3 is 4.42 Å². The molecule has 3 heteroatoms. The van der Waals surface area contributed by atoms with Crippen LogP contribution >= 0.6 is 0 Å². The summed E-state index contributed by atoms with van der Waals surface area (Å²) in [6, 6.07) is 58.9. The molecule has 0 radical (unpaired) electrons. The lowest BCUT2D eigenvalue weighted by molar-refractivity contribution is 0.674. The van der Waals surface area contributed by atoms with Crippen LogP contribution in [0.15, 0.2) is 174 Å². The van der Waals surface area contributed by atoms with Crippen LogP contribution in [-0.4, -0.2) is 9.97 Å². The lowest BCUT2D eigenvalue weighted by Gasteiger charge is -2.12. The zero-order chi connectivity index (χ0) is 31.2. The molecule has 9 aromatic rings. The molecular formula is C44H28N2O. The Labute approximate surface area is 272 Å². The third-order valence-electron chi connectivity index (χ3n) is 8.91. The van der Waals surface area contributed by atoms with Crippen molar-refractivity contribution >= 4 is 32.7 Å². The highest BCUT2D eigenvalue weighted by Crippen LogP contribution is 2.42. The van der Waals surface area contributed by atoms with Crippen LogP contribution in [0.5, 0.6) is 0 Å². The highest BCUT2D eigenvalue weighted by Gasteiger charge is 2.19. The Morgan fingerprint density at radius 3 is 1.49 bits per heavy atom. The molecule has 0 aliphatic heterocycles. The molecular weight excluding hydrogens is 572 g/mol. The van der Waals surface area contributed by atoms with Gasteiger partial charge >= 0.3 is 0 Å². The molecule has 2 heterocycles. The maximum Gasteiger partial charge on any atom is 0.161 e. The van der Waals surface area contributed by atoms with Crippen LogP contribution in [0.4, 0.5) is 0 Å². The van der Waals surface area contributed by atoms with E-state index in [0.717, 1.165) is 71.9 Å². The first-order valence-electron chi connectivity index (χ1n) is 15.8. The SMILES string of the molecule is c1ccc(-c2ccc(-c3cc(-c4ccccc4)nc(-c4cc5c6cccc(-c7ccccc7)c6oc5c5ccccc45)n3)cc2)cc1. The number of para-hydroxylation sites is 1. The summed E-state index contributed by atoms with van der Waals surface area (Å²) in [5, 5.41) is 4.21. The van der Waals surface area contributed by atoms with Crippen molar-refractivity contribution in [3.05, 3.63) is 170 Å². The van der Waals surface area contributed by atoms with E-state index in [4.69, 9.17) is 14.4 Å². The molecule has 220 valence electrons. The van der Waals surface area contributed by atoms with E-state index in [2.05, 4.69) is 152 Å². The molecule has 47 heavy (non-hydrogen) atoms. The van der Waals surface area contributed by atoms with Crippen LogP contribution < -0.4 is 0 Å². The Morgan fingerprint density at radius 1 is 0.319 bits per heavy atom. The monoisotopic (exact) mass is 600 g/mol. The van der Waals surface area contributed by atoms with Gasteiger partial charge in [0, 0.05) is 38.4 Å². The number of fused-ring (bicyclic) bond motifs is 5. The van der Waals surface area contributed by atoms with Gasteiger partial charge in [-0.3, -0.25) is 0 Å². The van der Waals surface area contributed by atoms with E-state index in [9.17, 15) is 0 Å². The molecule has 0 spiro atoms. The molecule has 0 unspecified atom stereocenters. The van der Waals surface area contributed by atoms with Crippen LogP contribution in [0, 0.1) is 0 Å². The third kappa shape index (κ3) is 4.77. The zero-order valence-electron chi connectivity index (χ0n) is 25.5. The van der Waals surface area contributed by atoms with Crippen molar-refractivity contribution in [3.8, 4) is 56.2 Å². The van der Waals surface area contributed by atoms with Crippen molar-refractivity contribution in [2.75, 3.05) is 0 Å². The molecule has 3 nitrogen and oxygen atoms in total. The van der Waals surface area contributed by atoms with Gasteiger partial charge in [0.15, 0.2) is 5.82 Å². The fraction of sp³-hybridized carbons (Fsp3) is 0. The Kier molecular flexibility index (Phi) is 6.46. The molecule has 0 amide bonds. The number of furan rings is 1. The molecule has 0 saturated carbocycles. The minimum absolute atomic E-state index is 0.681. The smallest absolute Gasteiger partial charge is 0.161 e. The van der Waals surface area contributed by atoms with Crippen LogP contribution in [0.25, 0.3) is 88.9 Å². The number of nitrogens with zero attached hydrogens (tertiary/aromatic N) is 2. The van der Waals surface area contributed by atoms with Gasteiger partial charge in [-0.1, -0.05) is 158 Å². The van der Waals surface area contributed by atoms with E-state index in [1.54, 1.807) is 0 Å². The third-order valence-corrected chi connectivity index (χ3v) is 8.91. The van der Waals surface area contributed by atoms with Gasteiger partial charge in [0.2, 0.25) is 0 Å². The second-order valence-corrected chi connectivity index (χ2v) is 11.8. The summed E-state index contributed by atoms with van der Waals surface area (Å²) in [6.07, 6.45) is 0. The Bertz CT molecular complexity index is 2540. The van der Waals surface area contributed by atoms with Crippen LogP contribution in [0.1, 0.15) is 0 Å². The van der Waals surface area contributed by atoms with E-state index in [1.807, 2.05) is 18.2 Å². The van der Waals surface area contributed by atoms with Crippen molar-refractivity contribution in [1.29, 1.82) is 0 Å². The summed E-state index contributed by atoms with van der Waals surface area (Å²) in [4.78, 5) is 10.5. The van der Waals surface area contributed by atoms with Gasteiger partial charge in [0.05, 0.1) is 11.4 Å². The number of hydrogen-bond acceptors (Lipinski definition) is 3. The Hall–Kier alpha value is -6.32. The van der Waals surface area contributed by atoms with Crippen molar-refractivity contribution in [2.24, 2.45) is 0 Å². The van der Waals surface area contributed by atoms with Gasteiger partial charge in [-0.05, 0) is 34.2 Å². The Balaban J connectivity index is 1.28. The van der Waals surface area contributed by atoms with Gasteiger partial charge in [-0.25, -0.2) is 9.97 Å². The predicted octanol–water partition coefficient (Wildman–Crippen LogP) is 11.9. The average molecular weight is 601 g/mol. The highest BCUT2D eigenvalue weighted by atomic mass is 16.3. The normalized spacial score (nSPS) is 11.4. The molecule has 0 atom stereocenters. The molecule has 0 fully saturated rings. The predicted molar refractivity (Wildman–Crippen MR) is 194 cm³/mol. The molecule has 7 aromatic carbocycles. The molecule has 0 saturated heterocycles. The topological polar surface area (TPSA) is 38.9 Å². The fourth-order valence-electron chi connectivity index (χ4n) is 6.59. The van der Waals surface area contributed by atoms with Crippen LogP contribution in [-0.2, 0) is 0 Å². The summed E-state index contributed by atoms with van der Waals surface area (Å²) >= 11 is 0. The maximum atomic E-state index is 6.74. The standard InChI is InChI=1S/C44H28N2O/c1-4-13-29(14-5-1)30-23-25-33(26-24-30)41-28-40(32-17-8-3-9-18-32)45-44(46-41)39-27-38-37-22-12-21-34(31-15-6-2-7-16-31)42(37)47-43(38)36-20-11-10-19-35(36)39/h1-28H. The minimum Gasteiger partial charge on any atom is -0.455 e. The first-order chi connectivity index (χ1) is 23.3. The van der Waals surface area contributed by atoms with E-state index in [-0.39, 0.29) is 0 Å². The minimum atomic E-state index is 0.681. The van der Waals surface area contributed by atoms with Gasteiger partial charge in [-0.15, -0.1) is 0 Å². The molecule has 2 aromatic heterocycles. The number of aromatic nitrogens is 2. The van der Waals surface area contributed by atoms with Gasteiger partial charge in [0.25, 0.3) is 0 Å². The van der Waals surface area contributed by atoms with E-state index in [1.165, 1.54) is 11.1 Å². The summed E-state index contributed by atoms with van der Waals surface area (Å²) in [5.74, 6) is 0.681. The first kappa shape index (κ1) is 27.0. The van der Waals surface area contributed by atoms with Crippen molar-refractivity contribution in [1.82, 2.24) is 9.97 Å². The van der Waals surface area contributed by atoms with E-state index >= 15 is 0 Å². The van der Waals surface area contributed by atoms with Crippen molar-refractivity contribution in [3.63, 3.8) is 0 Å². The van der Waals surface area contributed by atoms with E-state index < -0.39 is 0 Å². The molecule has 0 aliphatic rings. The summed E-state index contributed by atoms with van der Waals surface area (Å²) in [7, 11) is 0. The molecule has 0 N–H and O–H groups in total. The molecule has 0 aliphatic carbocycles. The maximum absolute atomic E-state index is 6.74. The number of hydrogen-bond donors (Lipinski definition) is 0. The fourth-order valence-corrected chi connectivity index (χ4v) is 6.59. The van der Waals surface area contributed by atoms with Crippen molar-refractivity contribution in [2.45, 2.75) is 0 Å². The average Bonchev–Trinajstić information content (AvgIpc) is 3.55. The zero-order valence-corrected chi connectivity index (χ0v) is 25.5. The number of benzene rings is 7. The van der Waals surface area contributed by atoms with Crippen LogP contribution in [0.3, 0.4) is 0 Å². The lowest BCUT2D eigenvalue weighted by atomic mass is 9.97. The summed E-state index contributed by atoms with van der Waals surface area (Å²) < 4.78 is 6.74. The summed E-state index contributed by atoms with van der Waals surface area (Å²) in [5.41, 5.74) is 11.1. The Morgan fingerprint density at radius 2 is 0.809 bits per heavy atom. The largest absolute Gasteiger partial charge is 0.455 e.